The summed E-state index contributed by atoms with van der Waals surface area (Å²) in [4.78, 5) is 23.6. The van der Waals surface area contributed by atoms with Gasteiger partial charge in [-0.2, -0.15) is 5.10 Å². The van der Waals surface area contributed by atoms with E-state index in [1.54, 1.807) is 42.2 Å². The highest BCUT2D eigenvalue weighted by atomic mass is 16.5. The largest absolute Gasteiger partial charge is 0.497 e. The zero-order valence-electron chi connectivity index (χ0n) is 16.8. The lowest BCUT2D eigenvalue weighted by atomic mass is 10.2. The lowest BCUT2D eigenvalue weighted by Crippen LogP contribution is -2.26. The summed E-state index contributed by atoms with van der Waals surface area (Å²) in [6, 6.07) is 9.37. The maximum Gasteiger partial charge on any atom is 0.256 e. The lowest BCUT2D eigenvalue weighted by Gasteiger charge is -2.16. The van der Waals surface area contributed by atoms with Gasteiger partial charge in [0.1, 0.15) is 17.1 Å². The average Bonchev–Trinajstić information content (AvgIpc) is 3.32. The number of nitrogens with zero attached hydrogens (tertiary/aromatic N) is 6. The first kappa shape index (κ1) is 18.7. The summed E-state index contributed by atoms with van der Waals surface area (Å²) in [6.07, 6.45) is 5.31. The van der Waals surface area contributed by atoms with E-state index in [0.29, 0.717) is 23.3 Å². The van der Waals surface area contributed by atoms with Crippen molar-refractivity contribution in [2.75, 3.05) is 14.2 Å². The smallest absolute Gasteiger partial charge is 0.256 e. The minimum Gasteiger partial charge on any atom is -0.497 e. The van der Waals surface area contributed by atoms with Crippen LogP contribution in [0.5, 0.6) is 5.75 Å². The molecule has 0 N–H and O–H groups in total. The van der Waals surface area contributed by atoms with Crippen molar-refractivity contribution < 1.29 is 9.53 Å². The Morgan fingerprint density at radius 2 is 2.10 bits per heavy atom. The average molecular weight is 390 g/mol. The van der Waals surface area contributed by atoms with Gasteiger partial charge in [0, 0.05) is 44.7 Å². The third kappa shape index (κ3) is 3.44. The maximum absolute atomic E-state index is 13.0. The molecule has 0 aliphatic rings. The number of carbonyl (C=O) groups is 1. The summed E-state index contributed by atoms with van der Waals surface area (Å²) in [6.45, 7) is 2.32. The van der Waals surface area contributed by atoms with Gasteiger partial charge in [0.25, 0.3) is 5.91 Å². The number of aryl methyl sites for hydroxylation is 2. The number of imidazole rings is 1. The highest BCUT2D eigenvalue weighted by Crippen LogP contribution is 2.20. The summed E-state index contributed by atoms with van der Waals surface area (Å²) in [7, 11) is 5.29. The standard InChI is InChI=1S/C21H22N6O2/c1-14-24-19-18(8-9-22-20(19)26(14)3)21(28)25(2)12-15-11-23-27(13-15)16-6-5-7-17(10-16)29-4/h5-11,13H,12H2,1-4H3. The van der Waals surface area contributed by atoms with E-state index in [1.807, 2.05) is 49.0 Å². The summed E-state index contributed by atoms with van der Waals surface area (Å²) < 4.78 is 8.91. The second kappa shape index (κ2) is 7.38. The van der Waals surface area contributed by atoms with Crippen LogP contribution in [0.15, 0.2) is 48.9 Å². The van der Waals surface area contributed by atoms with Crippen molar-refractivity contribution in [1.29, 1.82) is 0 Å². The molecule has 0 fully saturated rings. The van der Waals surface area contributed by atoms with Crippen LogP contribution in [0.4, 0.5) is 0 Å². The Hall–Kier alpha value is -3.68. The van der Waals surface area contributed by atoms with Crippen LogP contribution in [-0.2, 0) is 13.6 Å². The Labute approximate surface area is 168 Å². The zero-order valence-corrected chi connectivity index (χ0v) is 16.8. The van der Waals surface area contributed by atoms with Gasteiger partial charge in [-0.25, -0.2) is 14.6 Å². The van der Waals surface area contributed by atoms with Crippen molar-refractivity contribution in [3.8, 4) is 11.4 Å². The molecule has 3 aromatic heterocycles. The quantitative estimate of drug-likeness (QED) is 0.524. The number of benzene rings is 1. The van der Waals surface area contributed by atoms with Gasteiger partial charge >= 0.3 is 0 Å². The molecule has 0 radical (unpaired) electrons. The van der Waals surface area contributed by atoms with Gasteiger partial charge < -0.3 is 14.2 Å². The van der Waals surface area contributed by atoms with Gasteiger partial charge in [-0.05, 0) is 25.1 Å². The summed E-state index contributed by atoms with van der Waals surface area (Å²) >= 11 is 0. The molecular weight excluding hydrogens is 368 g/mol. The van der Waals surface area contributed by atoms with Gasteiger partial charge in [0.2, 0.25) is 0 Å². The van der Waals surface area contributed by atoms with E-state index < -0.39 is 0 Å². The van der Waals surface area contributed by atoms with Crippen molar-refractivity contribution in [3.63, 3.8) is 0 Å². The van der Waals surface area contributed by atoms with E-state index in [-0.39, 0.29) is 5.91 Å². The molecule has 0 unspecified atom stereocenters. The Bertz CT molecular complexity index is 1190. The molecule has 0 spiro atoms. The fourth-order valence-corrected chi connectivity index (χ4v) is 3.25. The molecule has 4 aromatic rings. The Morgan fingerprint density at radius 1 is 1.28 bits per heavy atom. The fourth-order valence-electron chi connectivity index (χ4n) is 3.25. The number of aromatic nitrogens is 5. The molecule has 29 heavy (non-hydrogen) atoms. The van der Waals surface area contributed by atoms with E-state index in [1.165, 1.54) is 0 Å². The van der Waals surface area contributed by atoms with Crippen molar-refractivity contribution in [3.05, 3.63) is 65.9 Å². The molecule has 0 atom stereocenters. The second-order valence-corrected chi connectivity index (χ2v) is 6.90. The van der Waals surface area contributed by atoms with E-state index in [9.17, 15) is 4.79 Å². The van der Waals surface area contributed by atoms with Crippen molar-refractivity contribution in [1.82, 2.24) is 29.2 Å². The number of amides is 1. The number of hydrogen-bond acceptors (Lipinski definition) is 5. The SMILES string of the molecule is COc1cccc(-n2cc(CN(C)C(=O)c3ccnc4c3nc(C)n4C)cn2)c1. The monoisotopic (exact) mass is 390 g/mol. The maximum atomic E-state index is 13.0. The third-order valence-electron chi connectivity index (χ3n) is 4.93. The third-order valence-corrected chi connectivity index (χ3v) is 4.93. The number of carbonyl (C=O) groups excluding carboxylic acids is 1. The minimum absolute atomic E-state index is 0.107. The van der Waals surface area contributed by atoms with E-state index in [4.69, 9.17) is 4.74 Å². The number of fused-ring (bicyclic) bond motifs is 1. The van der Waals surface area contributed by atoms with Crippen molar-refractivity contribution in [2.24, 2.45) is 7.05 Å². The molecule has 0 aliphatic carbocycles. The van der Waals surface area contributed by atoms with Crippen LogP contribution in [-0.4, -0.2) is 49.3 Å². The molecule has 0 saturated heterocycles. The summed E-state index contributed by atoms with van der Waals surface area (Å²) in [5.74, 6) is 1.47. The van der Waals surface area contributed by atoms with Crippen LogP contribution < -0.4 is 4.74 Å². The van der Waals surface area contributed by atoms with E-state index in [2.05, 4.69) is 15.1 Å². The number of pyridine rings is 1. The normalized spacial score (nSPS) is 11.0. The number of hydrogen-bond donors (Lipinski definition) is 0. The molecular formula is C21H22N6O2. The van der Waals surface area contributed by atoms with Crippen molar-refractivity contribution >= 4 is 17.1 Å². The molecule has 8 heteroatoms. The topological polar surface area (TPSA) is 78.1 Å². The van der Waals surface area contributed by atoms with Gasteiger partial charge in [-0.15, -0.1) is 0 Å². The predicted octanol–water partition coefficient (Wildman–Crippen LogP) is 2.74. The summed E-state index contributed by atoms with van der Waals surface area (Å²) in [5.41, 5.74) is 3.68. The predicted molar refractivity (Wildman–Crippen MR) is 109 cm³/mol. The van der Waals surface area contributed by atoms with E-state index in [0.717, 1.165) is 22.8 Å². The van der Waals surface area contributed by atoms with Gasteiger partial charge in [-0.3, -0.25) is 4.79 Å². The molecule has 8 nitrogen and oxygen atoms in total. The van der Waals surface area contributed by atoms with Crippen LogP contribution >= 0.6 is 0 Å². The second-order valence-electron chi connectivity index (χ2n) is 6.90. The van der Waals surface area contributed by atoms with Gasteiger partial charge in [-0.1, -0.05) is 6.07 Å². The van der Waals surface area contributed by atoms with Crippen LogP contribution in [0.1, 0.15) is 21.7 Å². The molecule has 1 amide bonds. The first-order valence-corrected chi connectivity index (χ1v) is 9.19. The Kier molecular flexibility index (Phi) is 4.75. The fraction of sp³-hybridized carbons (Fsp3) is 0.238. The number of rotatable bonds is 5. The highest BCUT2D eigenvalue weighted by Gasteiger charge is 2.19. The Morgan fingerprint density at radius 3 is 2.90 bits per heavy atom. The van der Waals surface area contributed by atoms with Crippen molar-refractivity contribution in [2.45, 2.75) is 13.5 Å². The first-order valence-electron chi connectivity index (χ1n) is 9.19. The van der Waals surface area contributed by atoms with Crippen LogP contribution in [0.2, 0.25) is 0 Å². The van der Waals surface area contributed by atoms with Gasteiger partial charge in [0.05, 0.1) is 24.6 Å². The van der Waals surface area contributed by atoms with E-state index >= 15 is 0 Å². The van der Waals surface area contributed by atoms with Crippen LogP contribution in [0.25, 0.3) is 16.9 Å². The molecule has 0 saturated carbocycles. The minimum atomic E-state index is -0.107. The number of methoxy groups -OCH3 is 1. The number of ether oxygens (including phenoxy) is 1. The molecule has 3 heterocycles. The van der Waals surface area contributed by atoms with Gasteiger partial charge in [0.15, 0.2) is 5.65 Å². The molecule has 0 bridgehead atoms. The van der Waals surface area contributed by atoms with Crippen LogP contribution in [0, 0.1) is 6.92 Å². The molecule has 4 rings (SSSR count). The first-order chi connectivity index (χ1) is 14.0. The van der Waals surface area contributed by atoms with Crippen LogP contribution in [0.3, 0.4) is 0 Å². The molecule has 148 valence electrons. The zero-order chi connectivity index (χ0) is 20.5. The Balaban J connectivity index is 1.56. The molecule has 1 aromatic carbocycles. The highest BCUT2D eigenvalue weighted by molar-refractivity contribution is 6.04. The molecule has 0 aliphatic heterocycles. The lowest BCUT2D eigenvalue weighted by molar-refractivity contribution is 0.0787. The summed E-state index contributed by atoms with van der Waals surface area (Å²) in [5, 5.41) is 4.41.